The first-order chi connectivity index (χ1) is 4.52. The highest BCUT2D eigenvalue weighted by Gasteiger charge is 2.30. The Bertz CT molecular complexity index is 149. The van der Waals surface area contributed by atoms with Crippen LogP contribution < -0.4 is 0 Å². The minimum absolute atomic E-state index is 0.336. The highest BCUT2D eigenvalue weighted by Crippen LogP contribution is 2.30. The van der Waals surface area contributed by atoms with Gasteiger partial charge in [-0.25, -0.2) is 0 Å². The molecule has 1 fully saturated rings. The summed E-state index contributed by atoms with van der Waals surface area (Å²) in [4.78, 5) is 0. The van der Waals surface area contributed by atoms with Gasteiger partial charge < -0.3 is 9.84 Å². The molecule has 2 nitrogen and oxygen atoms in total. The average molecular weight is 142 g/mol. The number of rotatable bonds is 0. The van der Waals surface area contributed by atoms with Gasteiger partial charge in [0, 0.05) is 6.42 Å². The molecule has 1 rings (SSSR count). The quantitative estimate of drug-likeness (QED) is 0.519. The van der Waals surface area contributed by atoms with Gasteiger partial charge >= 0.3 is 0 Å². The van der Waals surface area contributed by atoms with Gasteiger partial charge in [-0.15, -0.1) is 0 Å². The zero-order valence-electron chi connectivity index (χ0n) is 6.55. The van der Waals surface area contributed by atoms with Crippen LogP contribution in [0, 0.1) is 0 Å². The van der Waals surface area contributed by atoms with Crippen LogP contribution in [-0.4, -0.2) is 17.0 Å². The van der Waals surface area contributed by atoms with Crippen LogP contribution in [0.25, 0.3) is 0 Å². The van der Waals surface area contributed by atoms with Crippen LogP contribution in [0.4, 0.5) is 0 Å². The number of ether oxygens (including phenoxy) is 1. The molecular weight excluding hydrogens is 128 g/mol. The summed E-state index contributed by atoms with van der Waals surface area (Å²) in [5.41, 5.74) is 0.732. The van der Waals surface area contributed by atoms with E-state index in [2.05, 4.69) is 6.58 Å². The molecule has 10 heavy (non-hydrogen) atoms. The van der Waals surface area contributed by atoms with E-state index in [1.807, 2.05) is 13.8 Å². The smallest absolute Gasteiger partial charge is 0.156 e. The topological polar surface area (TPSA) is 29.5 Å². The minimum atomic E-state index is -0.597. The fourth-order valence-corrected chi connectivity index (χ4v) is 1.08. The van der Waals surface area contributed by atoms with E-state index in [1.165, 1.54) is 0 Å². The normalized spacial score (nSPS) is 32.3. The molecule has 2 heteroatoms. The van der Waals surface area contributed by atoms with Crippen molar-refractivity contribution in [2.24, 2.45) is 0 Å². The molecule has 1 aliphatic rings. The van der Waals surface area contributed by atoms with Crippen LogP contribution in [0.5, 0.6) is 0 Å². The summed E-state index contributed by atoms with van der Waals surface area (Å²) in [6, 6.07) is 0. The van der Waals surface area contributed by atoms with E-state index < -0.39 is 6.29 Å². The molecule has 0 aromatic carbocycles. The van der Waals surface area contributed by atoms with Crippen molar-refractivity contribution in [2.75, 3.05) is 0 Å². The monoisotopic (exact) mass is 142 g/mol. The van der Waals surface area contributed by atoms with Crippen molar-refractivity contribution in [1.82, 2.24) is 0 Å². The van der Waals surface area contributed by atoms with Gasteiger partial charge in [0.05, 0.1) is 5.60 Å². The zero-order chi connectivity index (χ0) is 7.78. The van der Waals surface area contributed by atoms with E-state index >= 15 is 0 Å². The van der Waals surface area contributed by atoms with Crippen LogP contribution in [0.2, 0.25) is 0 Å². The second kappa shape index (κ2) is 2.36. The second-order valence-corrected chi connectivity index (χ2v) is 3.23. The van der Waals surface area contributed by atoms with Crippen molar-refractivity contribution in [2.45, 2.75) is 38.6 Å². The molecule has 0 aromatic rings. The zero-order valence-corrected chi connectivity index (χ0v) is 6.55. The third-order valence-corrected chi connectivity index (χ3v) is 1.98. The van der Waals surface area contributed by atoms with Crippen molar-refractivity contribution in [3.8, 4) is 0 Å². The molecule has 0 saturated carbocycles. The highest BCUT2D eigenvalue weighted by atomic mass is 16.6. The molecule has 0 aliphatic carbocycles. The first-order valence-corrected chi connectivity index (χ1v) is 3.56. The number of aliphatic hydroxyl groups is 1. The molecule has 0 aromatic heterocycles. The molecular formula is C8H14O2. The Balaban J connectivity index is 2.63. The van der Waals surface area contributed by atoms with Crippen molar-refractivity contribution < 1.29 is 9.84 Å². The van der Waals surface area contributed by atoms with E-state index in [0.717, 1.165) is 12.0 Å². The van der Waals surface area contributed by atoms with Crippen molar-refractivity contribution in [3.05, 3.63) is 12.2 Å². The predicted octanol–water partition coefficient (Wildman–Crippen LogP) is 1.45. The maximum atomic E-state index is 9.10. The number of hydrogen-bond acceptors (Lipinski definition) is 2. The SMILES string of the molecule is C=C1CCC(O)OC1(C)C. The minimum Gasteiger partial charge on any atom is -0.368 e. The van der Waals surface area contributed by atoms with Crippen molar-refractivity contribution in [3.63, 3.8) is 0 Å². The number of hydrogen-bond donors (Lipinski definition) is 1. The summed E-state index contributed by atoms with van der Waals surface area (Å²) in [7, 11) is 0. The van der Waals surface area contributed by atoms with Crippen LogP contribution in [0.1, 0.15) is 26.7 Å². The Morgan fingerprint density at radius 2 is 2.30 bits per heavy atom. The molecule has 58 valence electrons. The van der Waals surface area contributed by atoms with Gasteiger partial charge in [0.15, 0.2) is 6.29 Å². The van der Waals surface area contributed by atoms with Crippen LogP contribution in [0.3, 0.4) is 0 Å². The molecule has 1 atom stereocenters. The van der Waals surface area contributed by atoms with Gasteiger partial charge in [-0.2, -0.15) is 0 Å². The third-order valence-electron chi connectivity index (χ3n) is 1.98. The summed E-state index contributed by atoms with van der Waals surface area (Å²) in [6.45, 7) is 7.72. The van der Waals surface area contributed by atoms with Gasteiger partial charge in [-0.1, -0.05) is 6.58 Å². The van der Waals surface area contributed by atoms with E-state index in [0.29, 0.717) is 6.42 Å². The van der Waals surface area contributed by atoms with E-state index in [4.69, 9.17) is 9.84 Å². The second-order valence-electron chi connectivity index (χ2n) is 3.23. The summed E-state index contributed by atoms with van der Waals surface area (Å²) in [6.07, 6.45) is 0.955. The lowest BCUT2D eigenvalue weighted by Gasteiger charge is -2.35. The molecule has 1 aliphatic heterocycles. The first-order valence-electron chi connectivity index (χ1n) is 3.56. The third kappa shape index (κ3) is 1.39. The van der Waals surface area contributed by atoms with E-state index in [1.54, 1.807) is 0 Å². The molecule has 1 heterocycles. The lowest BCUT2D eigenvalue weighted by Crippen LogP contribution is -2.36. The largest absolute Gasteiger partial charge is 0.368 e. The average Bonchev–Trinajstić information content (AvgIpc) is 1.78. The van der Waals surface area contributed by atoms with E-state index in [9.17, 15) is 0 Å². The fraction of sp³-hybridized carbons (Fsp3) is 0.750. The van der Waals surface area contributed by atoms with Gasteiger partial charge in [-0.3, -0.25) is 0 Å². The van der Waals surface area contributed by atoms with Gasteiger partial charge in [0.2, 0.25) is 0 Å². The van der Waals surface area contributed by atoms with Crippen molar-refractivity contribution in [1.29, 1.82) is 0 Å². The van der Waals surface area contributed by atoms with Gasteiger partial charge in [-0.05, 0) is 25.8 Å². The molecule has 0 bridgehead atoms. The van der Waals surface area contributed by atoms with Gasteiger partial charge in [0.1, 0.15) is 0 Å². The Hall–Kier alpha value is -0.340. The Kier molecular flexibility index (Phi) is 1.84. The summed E-state index contributed by atoms with van der Waals surface area (Å²) < 4.78 is 5.24. The lowest BCUT2D eigenvalue weighted by molar-refractivity contribution is -0.177. The Labute approximate surface area is 61.5 Å². The lowest BCUT2D eigenvalue weighted by atomic mass is 9.92. The number of aliphatic hydroxyl groups excluding tert-OH is 1. The summed E-state index contributed by atoms with van der Waals surface area (Å²) >= 11 is 0. The Morgan fingerprint density at radius 3 is 2.70 bits per heavy atom. The maximum absolute atomic E-state index is 9.10. The molecule has 0 spiro atoms. The predicted molar refractivity (Wildman–Crippen MR) is 39.5 cm³/mol. The maximum Gasteiger partial charge on any atom is 0.156 e. The van der Waals surface area contributed by atoms with E-state index in [-0.39, 0.29) is 5.60 Å². The standard InChI is InChI=1S/C8H14O2/c1-6-4-5-7(9)10-8(6,2)3/h7,9H,1,4-5H2,2-3H3. The summed E-state index contributed by atoms with van der Waals surface area (Å²) in [5, 5.41) is 9.10. The molecule has 0 amide bonds. The highest BCUT2D eigenvalue weighted by molar-refractivity contribution is 5.11. The van der Waals surface area contributed by atoms with Gasteiger partial charge in [0.25, 0.3) is 0 Å². The van der Waals surface area contributed by atoms with Crippen LogP contribution in [0.15, 0.2) is 12.2 Å². The first kappa shape index (κ1) is 7.76. The summed E-state index contributed by atoms with van der Waals surface area (Å²) in [5.74, 6) is 0. The Morgan fingerprint density at radius 1 is 1.70 bits per heavy atom. The van der Waals surface area contributed by atoms with Crippen LogP contribution >= 0.6 is 0 Å². The van der Waals surface area contributed by atoms with Crippen LogP contribution in [-0.2, 0) is 4.74 Å². The molecule has 1 unspecified atom stereocenters. The molecule has 1 saturated heterocycles. The van der Waals surface area contributed by atoms with Crippen molar-refractivity contribution >= 4 is 0 Å². The molecule has 1 N–H and O–H groups in total. The molecule has 0 radical (unpaired) electrons. The fourth-order valence-electron chi connectivity index (χ4n) is 1.08.